The number of pyridine rings is 1. The van der Waals surface area contributed by atoms with Gasteiger partial charge < -0.3 is 0 Å². The zero-order chi connectivity index (χ0) is 13.1. The molecule has 0 bridgehead atoms. The lowest BCUT2D eigenvalue weighted by Gasteiger charge is -2.13. The van der Waals surface area contributed by atoms with Gasteiger partial charge in [-0.2, -0.15) is 0 Å². The highest BCUT2D eigenvalue weighted by Gasteiger charge is 2.23. The summed E-state index contributed by atoms with van der Waals surface area (Å²) in [7, 11) is -2.93. The summed E-state index contributed by atoms with van der Waals surface area (Å²) in [6.07, 6.45) is 1.46. The smallest absolute Gasteiger partial charge is 0.199 e. The monoisotopic (exact) mass is 277 g/mol. The number of hydrogen-bond donors (Lipinski definition) is 0. The van der Waals surface area contributed by atoms with Gasteiger partial charge in [-0.3, -0.25) is 0 Å². The molecule has 0 aromatic carbocycles. The summed E-state index contributed by atoms with van der Waals surface area (Å²) in [5, 5.41) is 9.24. The van der Waals surface area contributed by atoms with Crippen LogP contribution in [0.3, 0.4) is 0 Å². The quantitative estimate of drug-likeness (QED) is 0.481. The number of nitro groups is 1. The molecule has 94 valence electrons. The Kier molecular flexibility index (Phi) is 4.41. The van der Waals surface area contributed by atoms with Gasteiger partial charge >= 0.3 is 0 Å². The molecule has 1 aromatic heterocycles. The molecule has 0 fully saturated rings. The third-order valence-electron chi connectivity index (χ3n) is 2.39. The van der Waals surface area contributed by atoms with E-state index in [1.165, 1.54) is 6.20 Å². The molecular weight excluding hydrogens is 266 g/mol. The molecule has 8 heteroatoms. The Morgan fingerprint density at radius 3 is 2.71 bits per heavy atom. The summed E-state index contributed by atoms with van der Waals surface area (Å²) < 4.78 is 15.4. The summed E-state index contributed by atoms with van der Waals surface area (Å²) in [4.78, 5) is 14.2. The first kappa shape index (κ1) is 13.9. The van der Waals surface area contributed by atoms with E-state index in [0.29, 0.717) is 10.7 Å². The van der Waals surface area contributed by atoms with Crippen molar-refractivity contribution in [2.75, 3.05) is 5.75 Å². The van der Waals surface area contributed by atoms with Crippen molar-refractivity contribution in [3.05, 3.63) is 39.2 Å². The van der Waals surface area contributed by atoms with Gasteiger partial charge in [0.2, 0.25) is 0 Å². The van der Waals surface area contributed by atoms with Crippen LogP contribution in [-0.2, 0) is 9.73 Å². The Bertz CT molecular complexity index is 523. The van der Waals surface area contributed by atoms with E-state index in [2.05, 4.69) is 9.46 Å². The van der Waals surface area contributed by atoms with Gasteiger partial charge in [-0.1, -0.05) is 24.6 Å². The predicted octanol–water partition coefficient (Wildman–Crippen LogP) is 2.48. The lowest BCUT2D eigenvalue weighted by Crippen LogP contribution is -2.14. The highest BCUT2D eigenvalue weighted by atomic mass is 35.5. The summed E-state index contributed by atoms with van der Waals surface area (Å²) in [5.74, 6) is 0.109. The van der Waals surface area contributed by atoms with E-state index >= 15 is 0 Å². The first-order valence-electron chi connectivity index (χ1n) is 4.88. The zero-order valence-electron chi connectivity index (χ0n) is 9.37. The molecule has 0 radical (unpaired) electrons. The molecule has 1 aromatic rings. The van der Waals surface area contributed by atoms with Crippen LogP contribution in [0.4, 0.5) is 0 Å². The maximum absolute atomic E-state index is 12.3. The maximum Gasteiger partial charge on any atom is 0.199 e. The Labute approximate surface area is 104 Å². The van der Waals surface area contributed by atoms with Gasteiger partial charge in [0.1, 0.15) is 19.4 Å². The molecule has 17 heavy (non-hydrogen) atoms. The molecule has 6 nitrogen and oxygen atoms in total. The molecule has 1 heterocycles. The molecule has 0 saturated heterocycles. The van der Waals surface area contributed by atoms with Gasteiger partial charge in [-0.25, -0.2) is 19.3 Å². The van der Waals surface area contributed by atoms with Crippen molar-refractivity contribution in [3.8, 4) is 0 Å². The molecule has 0 N–H and O–H groups in total. The van der Waals surface area contributed by atoms with Crippen molar-refractivity contribution in [1.29, 1.82) is 0 Å². The number of aromatic nitrogens is 1. The fraction of sp³-hybridized carbons (Fsp3) is 0.444. The van der Waals surface area contributed by atoms with Crippen molar-refractivity contribution < 1.29 is 9.24 Å². The first-order chi connectivity index (χ1) is 7.89. The van der Waals surface area contributed by atoms with Crippen LogP contribution >= 0.6 is 11.6 Å². The third-order valence-corrected chi connectivity index (χ3v) is 5.23. The zero-order valence-corrected chi connectivity index (χ0v) is 10.9. The average molecular weight is 278 g/mol. The van der Waals surface area contributed by atoms with Crippen molar-refractivity contribution in [2.24, 2.45) is 4.47 Å². The van der Waals surface area contributed by atoms with Crippen LogP contribution in [0, 0.1) is 10.1 Å². The van der Waals surface area contributed by atoms with Crippen LogP contribution in [-0.4, -0.2) is 20.0 Å². The summed E-state index contributed by atoms with van der Waals surface area (Å²) in [6, 6.07) is 3.19. The average Bonchev–Trinajstić information content (AvgIpc) is 2.28. The van der Waals surface area contributed by atoms with Crippen LogP contribution < -0.4 is 0 Å². The molecular formula is C9H12ClN3O3S. The second kappa shape index (κ2) is 5.42. The molecule has 0 saturated carbocycles. The van der Waals surface area contributed by atoms with E-state index in [4.69, 9.17) is 11.6 Å². The lowest BCUT2D eigenvalue weighted by molar-refractivity contribution is -0.482. The largest absolute Gasteiger partial charge is 0.244 e. The van der Waals surface area contributed by atoms with Crippen molar-refractivity contribution in [1.82, 2.24) is 4.98 Å². The SMILES string of the molecule is CC[S@](=O)(=N[N+](=O)[O-])[C@@H](C)c1ccc(Cl)nc1. The van der Waals surface area contributed by atoms with Gasteiger partial charge in [0.05, 0.1) is 5.25 Å². The molecule has 0 aliphatic rings. The topological polar surface area (TPSA) is 85.5 Å². The summed E-state index contributed by atoms with van der Waals surface area (Å²) in [5.41, 5.74) is 0.617. The Morgan fingerprint density at radius 1 is 1.65 bits per heavy atom. The molecule has 0 spiro atoms. The van der Waals surface area contributed by atoms with E-state index in [1.54, 1.807) is 26.0 Å². The predicted molar refractivity (Wildman–Crippen MR) is 65.8 cm³/mol. The fourth-order valence-electron chi connectivity index (χ4n) is 1.33. The number of hydrogen-bond acceptors (Lipinski definition) is 4. The number of halogens is 1. The second-order valence-corrected chi connectivity index (χ2v) is 6.57. The van der Waals surface area contributed by atoms with Crippen LogP contribution in [0.25, 0.3) is 0 Å². The van der Waals surface area contributed by atoms with Crippen molar-refractivity contribution in [2.45, 2.75) is 19.1 Å². The van der Waals surface area contributed by atoms with Crippen LogP contribution in [0.1, 0.15) is 24.7 Å². The van der Waals surface area contributed by atoms with Crippen LogP contribution in [0.2, 0.25) is 5.15 Å². The van der Waals surface area contributed by atoms with Crippen LogP contribution in [0.15, 0.2) is 22.8 Å². The first-order valence-corrected chi connectivity index (χ1v) is 7.01. The van der Waals surface area contributed by atoms with Gasteiger partial charge in [0, 0.05) is 11.9 Å². The highest BCUT2D eigenvalue weighted by molar-refractivity contribution is 7.93. The highest BCUT2D eigenvalue weighted by Crippen LogP contribution is 2.24. The lowest BCUT2D eigenvalue weighted by atomic mass is 10.2. The number of nitrogens with zero attached hydrogens (tertiary/aromatic N) is 3. The van der Waals surface area contributed by atoms with E-state index in [-0.39, 0.29) is 5.75 Å². The minimum atomic E-state index is -2.93. The van der Waals surface area contributed by atoms with Crippen molar-refractivity contribution in [3.63, 3.8) is 0 Å². The third kappa shape index (κ3) is 3.37. The minimum Gasteiger partial charge on any atom is -0.244 e. The molecule has 0 aliphatic carbocycles. The molecule has 1 rings (SSSR count). The molecule has 2 atom stereocenters. The molecule has 0 unspecified atom stereocenters. The van der Waals surface area contributed by atoms with Crippen LogP contribution in [0.5, 0.6) is 0 Å². The Hall–Kier alpha value is -1.21. The maximum atomic E-state index is 12.3. The van der Waals surface area contributed by atoms with Gasteiger partial charge in [0.25, 0.3) is 0 Å². The molecule has 0 amide bonds. The van der Waals surface area contributed by atoms with E-state index in [1.807, 2.05) is 0 Å². The van der Waals surface area contributed by atoms with Gasteiger partial charge in [-0.05, 0) is 18.6 Å². The van der Waals surface area contributed by atoms with E-state index in [0.717, 1.165) is 0 Å². The minimum absolute atomic E-state index is 0.109. The Balaban J connectivity index is 3.19. The van der Waals surface area contributed by atoms with Gasteiger partial charge in [-0.15, -0.1) is 0 Å². The summed E-state index contributed by atoms with van der Waals surface area (Å²) in [6.45, 7) is 3.24. The molecule has 0 aliphatic heterocycles. The Morgan fingerprint density at radius 2 is 2.29 bits per heavy atom. The van der Waals surface area contributed by atoms with Gasteiger partial charge in [0.15, 0.2) is 5.03 Å². The van der Waals surface area contributed by atoms with E-state index < -0.39 is 20.0 Å². The number of rotatable bonds is 4. The fourth-order valence-corrected chi connectivity index (χ4v) is 2.99. The normalized spacial score (nSPS) is 15.9. The van der Waals surface area contributed by atoms with Crippen molar-refractivity contribution >= 4 is 21.3 Å². The second-order valence-electron chi connectivity index (χ2n) is 3.35. The van der Waals surface area contributed by atoms with E-state index in [9.17, 15) is 14.3 Å². The standard InChI is InChI=1S/C9H12ClN3O3S/c1-3-17(16,12-13(14)15)7(2)8-4-5-9(10)11-6-8/h4-7H,3H2,1-2H3/t7-,17+/m0/s1. The summed E-state index contributed by atoms with van der Waals surface area (Å²) >= 11 is 5.63.